The summed E-state index contributed by atoms with van der Waals surface area (Å²) in [5.41, 5.74) is 0.985. The quantitative estimate of drug-likeness (QED) is 0.834. The number of nitrogens with zero attached hydrogens (tertiary/aromatic N) is 1. The van der Waals surface area contributed by atoms with Crippen molar-refractivity contribution in [3.8, 4) is 0 Å². The lowest BCUT2D eigenvalue weighted by Gasteiger charge is -2.16. The maximum atomic E-state index is 12.0. The van der Waals surface area contributed by atoms with Crippen LogP contribution in [0.25, 0.3) is 0 Å². The Labute approximate surface area is 96.6 Å². The van der Waals surface area contributed by atoms with E-state index in [1.54, 1.807) is 18.2 Å². The largest absolute Gasteiger partial charge is 0.395 e. The third kappa shape index (κ3) is 2.81. The van der Waals surface area contributed by atoms with Gasteiger partial charge in [-0.3, -0.25) is 0 Å². The molecule has 0 saturated heterocycles. The number of aryl methyl sites for hydroxylation is 1. The first kappa shape index (κ1) is 13.2. The highest BCUT2D eigenvalue weighted by Crippen LogP contribution is 2.15. The number of aliphatic hydroxyl groups excluding tert-OH is 1. The first-order chi connectivity index (χ1) is 7.52. The van der Waals surface area contributed by atoms with E-state index < -0.39 is 10.0 Å². The molecule has 16 heavy (non-hydrogen) atoms. The lowest BCUT2D eigenvalue weighted by atomic mass is 10.2. The molecule has 1 aromatic carbocycles. The minimum Gasteiger partial charge on any atom is -0.395 e. The molecule has 4 nitrogen and oxygen atoms in total. The topological polar surface area (TPSA) is 57.6 Å². The summed E-state index contributed by atoms with van der Waals surface area (Å²) in [7, 11) is -2.00. The van der Waals surface area contributed by atoms with Gasteiger partial charge in [-0.15, -0.1) is 0 Å². The lowest BCUT2D eigenvalue weighted by Crippen LogP contribution is -2.29. The molecule has 0 heterocycles. The molecule has 1 aromatic rings. The van der Waals surface area contributed by atoms with Crippen molar-refractivity contribution in [3.63, 3.8) is 0 Å². The second-order valence-electron chi connectivity index (χ2n) is 3.55. The number of sulfonamides is 1. The Balaban J connectivity index is 3.06. The number of hydrogen-bond acceptors (Lipinski definition) is 3. The predicted molar refractivity (Wildman–Crippen MR) is 62.7 cm³/mol. The molecule has 1 rings (SSSR count). The van der Waals surface area contributed by atoms with Crippen molar-refractivity contribution in [3.05, 3.63) is 29.8 Å². The fourth-order valence-electron chi connectivity index (χ4n) is 1.37. The molecule has 0 fully saturated rings. The Morgan fingerprint density at radius 3 is 2.62 bits per heavy atom. The summed E-state index contributed by atoms with van der Waals surface area (Å²) in [6, 6.07) is 6.87. The van der Waals surface area contributed by atoms with Crippen LogP contribution in [-0.4, -0.2) is 38.0 Å². The number of hydrogen-bond donors (Lipinski definition) is 1. The van der Waals surface area contributed by atoms with Crippen molar-refractivity contribution >= 4 is 10.0 Å². The van der Waals surface area contributed by atoms with Crippen LogP contribution in [0.15, 0.2) is 29.2 Å². The highest BCUT2D eigenvalue weighted by molar-refractivity contribution is 7.89. The van der Waals surface area contributed by atoms with Crippen LogP contribution in [0.4, 0.5) is 0 Å². The summed E-state index contributed by atoms with van der Waals surface area (Å²) in [5.74, 6) is 0. The molecular formula is C11H17NO3S. The van der Waals surface area contributed by atoms with Crippen molar-refractivity contribution in [2.24, 2.45) is 0 Å². The van der Waals surface area contributed by atoms with E-state index in [1.807, 2.05) is 13.0 Å². The average molecular weight is 243 g/mol. The zero-order valence-corrected chi connectivity index (χ0v) is 10.4. The number of benzene rings is 1. The molecular weight excluding hydrogens is 226 g/mol. The molecule has 0 aliphatic carbocycles. The predicted octanol–water partition coefficient (Wildman–Crippen LogP) is 0.862. The van der Waals surface area contributed by atoms with Gasteiger partial charge in [0.25, 0.3) is 0 Å². The van der Waals surface area contributed by atoms with E-state index >= 15 is 0 Å². The van der Waals surface area contributed by atoms with E-state index in [2.05, 4.69) is 0 Å². The zero-order valence-electron chi connectivity index (χ0n) is 9.55. The van der Waals surface area contributed by atoms with Crippen LogP contribution in [0.2, 0.25) is 0 Å². The standard InChI is InChI=1S/C11H17NO3S/c1-3-10-5-4-6-11(9-10)16(14,15)12(2)7-8-13/h4-6,9,13H,3,7-8H2,1-2H3. The minimum absolute atomic E-state index is 0.110. The van der Waals surface area contributed by atoms with Crippen LogP contribution >= 0.6 is 0 Å². The summed E-state index contributed by atoms with van der Waals surface area (Å²) in [6.45, 7) is 1.91. The van der Waals surface area contributed by atoms with Gasteiger partial charge in [0.1, 0.15) is 0 Å². The molecule has 0 bridgehead atoms. The van der Waals surface area contributed by atoms with Gasteiger partial charge in [-0.1, -0.05) is 19.1 Å². The fraction of sp³-hybridized carbons (Fsp3) is 0.455. The Morgan fingerprint density at radius 2 is 2.06 bits per heavy atom. The highest BCUT2D eigenvalue weighted by Gasteiger charge is 2.19. The van der Waals surface area contributed by atoms with Crippen molar-refractivity contribution < 1.29 is 13.5 Å². The highest BCUT2D eigenvalue weighted by atomic mass is 32.2. The minimum atomic E-state index is -3.46. The molecule has 0 aromatic heterocycles. The molecule has 0 aliphatic rings. The van der Waals surface area contributed by atoms with E-state index in [0.29, 0.717) is 0 Å². The summed E-state index contributed by atoms with van der Waals surface area (Å²) < 4.78 is 25.2. The number of aliphatic hydroxyl groups is 1. The Hall–Kier alpha value is -0.910. The van der Waals surface area contributed by atoms with Gasteiger partial charge in [-0.2, -0.15) is 4.31 Å². The van der Waals surface area contributed by atoms with Gasteiger partial charge in [0.05, 0.1) is 11.5 Å². The van der Waals surface area contributed by atoms with Gasteiger partial charge in [-0.25, -0.2) is 8.42 Å². The first-order valence-electron chi connectivity index (χ1n) is 5.18. The average Bonchev–Trinajstić information content (AvgIpc) is 2.29. The van der Waals surface area contributed by atoms with Crippen LogP contribution in [0.1, 0.15) is 12.5 Å². The molecule has 90 valence electrons. The van der Waals surface area contributed by atoms with Crippen molar-refractivity contribution in [2.45, 2.75) is 18.2 Å². The van der Waals surface area contributed by atoms with Crippen LogP contribution < -0.4 is 0 Å². The van der Waals surface area contributed by atoms with E-state index in [1.165, 1.54) is 7.05 Å². The summed E-state index contributed by atoms with van der Waals surface area (Å²) in [5, 5.41) is 8.74. The van der Waals surface area contributed by atoms with Crippen molar-refractivity contribution in [1.29, 1.82) is 0 Å². The molecule has 5 heteroatoms. The first-order valence-corrected chi connectivity index (χ1v) is 6.62. The van der Waals surface area contributed by atoms with Crippen LogP contribution in [0.3, 0.4) is 0 Å². The monoisotopic (exact) mass is 243 g/mol. The molecule has 0 spiro atoms. The number of rotatable bonds is 5. The smallest absolute Gasteiger partial charge is 0.242 e. The molecule has 1 N–H and O–H groups in total. The van der Waals surface area contributed by atoms with Crippen LogP contribution in [0, 0.1) is 0 Å². The van der Waals surface area contributed by atoms with E-state index in [9.17, 15) is 8.42 Å². The second kappa shape index (κ2) is 5.43. The summed E-state index contributed by atoms with van der Waals surface area (Å²) >= 11 is 0. The summed E-state index contributed by atoms with van der Waals surface area (Å²) in [6.07, 6.45) is 0.799. The Kier molecular flexibility index (Phi) is 4.46. The molecule has 0 saturated carbocycles. The van der Waals surface area contributed by atoms with E-state index in [-0.39, 0.29) is 18.0 Å². The second-order valence-corrected chi connectivity index (χ2v) is 5.60. The summed E-state index contributed by atoms with van der Waals surface area (Å²) in [4.78, 5) is 0.280. The third-order valence-electron chi connectivity index (χ3n) is 2.43. The van der Waals surface area contributed by atoms with E-state index in [4.69, 9.17) is 5.11 Å². The maximum Gasteiger partial charge on any atom is 0.242 e. The lowest BCUT2D eigenvalue weighted by molar-refractivity contribution is 0.266. The molecule has 0 amide bonds. The van der Waals surface area contributed by atoms with Gasteiger partial charge in [-0.05, 0) is 24.1 Å². The van der Waals surface area contributed by atoms with Gasteiger partial charge in [0.2, 0.25) is 10.0 Å². The van der Waals surface area contributed by atoms with E-state index in [0.717, 1.165) is 16.3 Å². The number of likely N-dealkylation sites (N-methyl/N-ethyl adjacent to an activating group) is 1. The third-order valence-corrected chi connectivity index (χ3v) is 4.28. The molecule has 0 radical (unpaired) electrons. The van der Waals surface area contributed by atoms with Crippen molar-refractivity contribution in [1.82, 2.24) is 4.31 Å². The Morgan fingerprint density at radius 1 is 1.38 bits per heavy atom. The SMILES string of the molecule is CCc1cccc(S(=O)(=O)N(C)CCO)c1. The van der Waals surface area contributed by atoms with Gasteiger partial charge in [0.15, 0.2) is 0 Å². The molecule has 0 unspecified atom stereocenters. The van der Waals surface area contributed by atoms with Gasteiger partial charge < -0.3 is 5.11 Å². The molecule has 0 aliphatic heterocycles. The van der Waals surface area contributed by atoms with Gasteiger partial charge in [0, 0.05) is 13.6 Å². The molecule has 0 atom stereocenters. The normalized spacial score (nSPS) is 12.0. The van der Waals surface area contributed by atoms with Gasteiger partial charge >= 0.3 is 0 Å². The maximum absolute atomic E-state index is 12.0. The van der Waals surface area contributed by atoms with Crippen LogP contribution in [0.5, 0.6) is 0 Å². The van der Waals surface area contributed by atoms with Crippen molar-refractivity contribution in [2.75, 3.05) is 20.2 Å². The Bertz CT molecular complexity index is 442. The fourth-order valence-corrected chi connectivity index (χ4v) is 2.60. The van der Waals surface area contributed by atoms with Crippen LogP contribution in [-0.2, 0) is 16.4 Å². The zero-order chi connectivity index (χ0) is 12.2.